The average Bonchev–Trinajstić information content (AvgIpc) is 2.98. The first-order valence-corrected chi connectivity index (χ1v) is 24.7. The summed E-state index contributed by atoms with van der Waals surface area (Å²) in [7, 11) is 0. The molecule has 0 saturated carbocycles. The molecule has 384 valence electrons. The smallest absolute Gasteiger partial charge is 0.0851 e. The molecule has 0 amide bonds. The summed E-state index contributed by atoms with van der Waals surface area (Å²) in [6.07, 6.45) is 17.3. The number of unbranched alkanes of at least 4 members (excludes halogenated alkanes) is 4. The number of aryl methyl sites for hydroxylation is 1. The van der Waals surface area contributed by atoms with Gasteiger partial charge in [0.25, 0.3) is 0 Å². The lowest BCUT2D eigenvalue weighted by molar-refractivity contribution is 0.320. The molecule has 0 radical (unpaired) electrons. The second kappa shape index (κ2) is 39.5. The van der Waals surface area contributed by atoms with Gasteiger partial charge in [-0.3, -0.25) is 0 Å². The highest BCUT2D eigenvalue weighted by Crippen LogP contribution is 2.25. The van der Waals surface area contributed by atoms with E-state index in [-0.39, 0.29) is 14.9 Å². The molecule has 0 fully saturated rings. The highest BCUT2D eigenvalue weighted by molar-refractivity contribution is 5.22. The third-order valence-electron chi connectivity index (χ3n) is 8.30. The van der Waals surface area contributed by atoms with Gasteiger partial charge in [-0.1, -0.05) is 276 Å². The van der Waals surface area contributed by atoms with Gasteiger partial charge in [-0.15, -0.1) is 0 Å². The standard InChI is InChI=1S/C12H18.2C9H20.C8H17N.C8H16O.C8H18.C5H12.2CH4/c1-10-5-7-11(8-6-10)9-12(2,3)4;2*1-5-6-7-8-9(2,3)4;2*1-7(9)5-6-8(2,3)4;1-7(2)6-8(3,4)5;1-5(2,3)4;;/h5-8H,9H2,1-4H3;2*5-8H2,1-4H3;1,5-6,9H2,2-4H3;9H,1,5-6H2,2-4H3;7H,6H2,1-5H3;1-4H3;2*1H4. The number of allylic oxidation sites excluding steroid dienone is 2. The van der Waals surface area contributed by atoms with E-state index in [1.165, 1.54) is 68.9 Å². The third-order valence-corrected chi connectivity index (χ3v) is 8.30. The van der Waals surface area contributed by atoms with Crippen LogP contribution in [-0.2, 0) is 6.42 Å². The largest absolute Gasteiger partial charge is 0.513 e. The summed E-state index contributed by atoms with van der Waals surface area (Å²) < 4.78 is 0. The van der Waals surface area contributed by atoms with Crippen LogP contribution in [0.4, 0.5) is 0 Å². The van der Waals surface area contributed by atoms with Crippen molar-refractivity contribution in [2.24, 2.45) is 49.6 Å². The van der Waals surface area contributed by atoms with Crippen LogP contribution in [0.1, 0.15) is 289 Å². The minimum absolute atomic E-state index is 0. The van der Waals surface area contributed by atoms with Crippen LogP contribution >= 0.6 is 0 Å². The molecule has 0 bridgehead atoms. The zero-order valence-electron chi connectivity index (χ0n) is 47.7. The van der Waals surface area contributed by atoms with E-state index in [0.29, 0.717) is 43.7 Å². The van der Waals surface area contributed by atoms with Crippen molar-refractivity contribution in [3.8, 4) is 0 Å². The first kappa shape index (κ1) is 78.5. The van der Waals surface area contributed by atoms with Gasteiger partial charge in [-0.2, -0.15) is 0 Å². The Morgan fingerprint density at radius 2 is 0.810 bits per heavy atom. The lowest BCUT2D eigenvalue weighted by Gasteiger charge is -2.19. The zero-order valence-corrected chi connectivity index (χ0v) is 47.7. The van der Waals surface area contributed by atoms with Crippen molar-refractivity contribution < 1.29 is 5.11 Å². The van der Waals surface area contributed by atoms with Crippen LogP contribution in [0.3, 0.4) is 0 Å². The summed E-state index contributed by atoms with van der Waals surface area (Å²) in [5.74, 6) is 1.14. The van der Waals surface area contributed by atoms with Crippen LogP contribution in [0.2, 0.25) is 0 Å². The minimum atomic E-state index is 0. The summed E-state index contributed by atoms with van der Waals surface area (Å²) in [5, 5.41) is 8.72. The molecule has 63 heavy (non-hydrogen) atoms. The molecule has 1 aromatic carbocycles. The Morgan fingerprint density at radius 1 is 0.508 bits per heavy atom. The van der Waals surface area contributed by atoms with E-state index in [9.17, 15) is 0 Å². The van der Waals surface area contributed by atoms with Crippen molar-refractivity contribution >= 4 is 0 Å². The van der Waals surface area contributed by atoms with E-state index in [1.807, 2.05) is 0 Å². The normalized spacial score (nSPS) is 11.5. The maximum atomic E-state index is 8.72. The Morgan fingerprint density at radius 3 is 0.968 bits per heavy atom. The molecule has 1 aromatic rings. The number of hydrogen-bond acceptors (Lipinski definition) is 2. The topological polar surface area (TPSA) is 46.2 Å². The summed E-state index contributed by atoms with van der Waals surface area (Å²) in [4.78, 5) is 0. The van der Waals surface area contributed by atoms with E-state index < -0.39 is 0 Å². The maximum Gasteiger partial charge on any atom is 0.0851 e. The number of hydrogen-bond donors (Lipinski definition) is 2. The number of aliphatic hydroxyl groups excluding tert-OH is 1. The van der Waals surface area contributed by atoms with Crippen LogP contribution in [-0.4, -0.2) is 5.11 Å². The second-order valence-corrected chi connectivity index (χ2v) is 27.3. The molecule has 0 heterocycles. The number of aliphatic hydroxyl groups is 1. The van der Waals surface area contributed by atoms with Crippen molar-refractivity contribution in [2.45, 2.75) is 292 Å². The fraction of sp³-hybridized carbons (Fsp3) is 0.836. The van der Waals surface area contributed by atoms with Gasteiger partial charge in [-0.25, -0.2) is 0 Å². The lowest BCUT2D eigenvalue weighted by Crippen LogP contribution is -2.08. The van der Waals surface area contributed by atoms with Crippen LogP contribution in [0.25, 0.3) is 0 Å². The Hall–Kier alpha value is -1.70. The molecule has 3 N–H and O–H groups in total. The van der Waals surface area contributed by atoms with Crippen molar-refractivity contribution in [1.82, 2.24) is 0 Å². The number of nitrogens with two attached hydrogens (primary N) is 1. The van der Waals surface area contributed by atoms with Crippen molar-refractivity contribution in [3.63, 3.8) is 0 Å². The summed E-state index contributed by atoms with van der Waals surface area (Å²) in [6.45, 7) is 67.5. The quantitative estimate of drug-likeness (QED) is 0.162. The van der Waals surface area contributed by atoms with E-state index in [2.05, 4.69) is 224 Å². The van der Waals surface area contributed by atoms with E-state index >= 15 is 0 Å². The van der Waals surface area contributed by atoms with Gasteiger partial charge >= 0.3 is 0 Å². The highest BCUT2D eigenvalue weighted by Gasteiger charge is 2.13. The number of rotatable bonds is 12. The molecule has 0 aliphatic carbocycles. The maximum absolute atomic E-state index is 8.72. The second-order valence-electron chi connectivity index (χ2n) is 27.3. The molecule has 0 unspecified atom stereocenters. The lowest BCUT2D eigenvalue weighted by atomic mass is 9.86. The Balaban J connectivity index is -0.0000000939. The van der Waals surface area contributed by atoms with Gasteiger partial charge in [-0.05, 0) is 101 Å². The highest BCUT2D eigenvalue weighted by atomic mass is 16.3. The van der Waals surface area contributed by atoms with Gasteiger partial charge in [0.05, 0.1) is 5.76 Å². The SMILES string of the molecule is C.C.C=C(N)CCC(C)(C)C.C=C(O)CCC(C)(C)C.CC(C)(C)C.CC(C)CC(C)(C)C.CCCCCC(C)(C)C.CCCCCC(C)(C)C.Cc1ccc(CC(C)(C)C)cc1. The van der Waals surface area contributed by atoms with Gasteiger partial charge in [0.2, 0.25) is 0 Å². The first-order chi connectivity index (χ1) is 26.8. The molecular formula is C61H129NO. The number of benzene rings is 1. The van der Waals surface area contributed by atoms with Crippen LogP contribution in [0.15, 0.2) is 48.9 Å². The molecule has 0 saturated heterocycles. The van der Waals surface area contributed by atoms with Crippen molar-refractivity contribution in [1.29, 1.82) is 0 Å². The molecule has 1 rings (SSSR count). The van der Waals surface area contributed by atoms with Crippen LogP contribution in [0, 0.1) is 50.7 Å². The predicted octanol–water partition coefficient (Wildman–Crippen LogP) is 22.4. The Bertz CT molecular complexity index is 1060. The van der Waals surface area contributed by atoms with Crippen LogP contribution in [0.5, 0.6) is 0 Å². The van der Waals surface area contributed by atoms with Gasteiger partial charge in [0, 0.05) is 12.1 Å². The molecular weight excluding hydrogens is 763 g/mol. The monoisotopic (exact) mass is 892 g/mol. The summed E-state index contributed by atoms with van der Waals surface area (Å²) >= 11 is 0. The van der Waals surface area contributed by atoms with Crippen LogP contribution < -0.4 is 5.73 Å². The van der Waals surface area contributed by atoms with Crippen molar-refractivity contribution in [2.75, 3.05) is 0 Å². The van der Waals surface area contributed by atoms with Gasteiger partial charge in [0.15, 0.2) is 0 Å². The van der Waals surface area contributed by atoms with E-state index in [0.717, 1.165) is 43.7 Å². The zero-order chi connectivity index (χ0) is 50.1. The molecule has 0 atom stereocenters. The van der Waals surface area contributed by atoms with Crippen molar-refractivity contribution in [3.05, 3.63) is 60.0 Å². The Labute approximate surface area is 404 Å². The third kappa shape index (κ3) is 115. The average molecular weight is 893 g/mol. The minimum Gasteiger partial charge on any atom is -0.513 e. The van der Waals surface area contributed by atoms with Gasteiger partial charge in [0.1, 0.15) is 0 Å². The summed E-state index contributed by atoms with van der Waals surface area (Å²) in [6, 6.07) is 8.81. The van der Waals surface area contributed by atoms with E-state index in [4.69, 9.17) is 10.8 Å². The fourth-order valence-electron chi connectivity index (χ4n) is 5.41. The molecule has 0 aromatic heterocycles. The fourth-order valence-corrected chi connectivity index (χ4v) is 5.41. The molecule has 2 nitrogen and oxygen atoms in total. The Kier molecular flexibility index (Phi) is 49.1. The first-order valence-electron chi connectivity index (χ1n) is 24.7. The molecule has 0 spiro atoms. The molecule has 0 aliphatic heterocycles. The molecule has 0 aliphatic rings. The molecule has 2 heteroatoms. The summed E-state index contributed by atoms with van der Waals surface area (Å²) in [5.41, 5.74) is 12.2. The van der Waals surface area contributed by atoms with Gasteiger partial charge < -0.3 is 10.8 Å². The van der Waals surface area contributed by atoms with E-state index in [1.54, 1.807) is 0 Å². The predicted molar refractivity (Wildman–Crippen MR) is 302 cm³/mol.